The number of rotatable bonds is 10. The zero-order chi connectivity index (χ0) is 30.3. The van der Waals surface area contributed by atoms with E-state index in [-0.39, 0.29) is 42.0 Å². The van der Waals surface area contributed by atoms with Crippen LogP contribution in [0.1, 0.15) is 30.5 Å². The largest absolute Gasteiger partial charge is 0.394 e. The first-order chi connectivity index (χ1) is 20.1. The molecule has 2 aromatic carbocycles. The molecule has 0 radical (unpaired) electrons. The van der Waals surface area contributed by atoms with E-state index in [1.807, 2.05) is 49.4 Å². The van der Waals surface area contributed by atoms with E-state index in [0.29, 0.717) is 23.7 Å². The molecule has 3 amide bonds. The molecule has 7 nitrogen and oxygen atoms in total. The first kappa shape index (κ1) is 30.4. The molecule has 3 fully saturated rings. The van der Waals surface area contributed by atoms with Gasteiger partial charge in [-0.25, -0.2) is 0 Å². The standard InChI is InChI=1S/C33H38ClN3O4S/c1-6-16-35(5)30(39)26-25-18-21(4)33(42-25)27(26)31(40)37(24(19-38)22-13-9-8-10-14-22)29(33)32(41)36(17-7-2)28-20(3)12-11-15-23(28)34/h6-15,21,24-27,29,38H,1-2,16-19H2,3-5H3/t21?,24-,25+,26-,27+,29?,33?/m1/s1. The minimum Gasteiger partial charge on any atom is -0.394 e. The van der Waals surface area contributed by atoms with Crippen LogP contribution in [0.25, 0.3) is 0 Å². The quantitative estimate of drug-likeness (QED) is 0.389. The van der Waals surface area contributed by atoms with Crippen LogP contribution in [0.3, 0.4) is 0 Å². The van der Waals surface area contributed by atoms with Gasteiger partial charge in [-0.05, 0) is 36.5 Å². The van der Waals surface area contributed by atoms with Gasteiger partial charge in [-0.2, -0.15) is 0 Å². The molecule has 1 spiro atoms. The van der Waals surface area contributed by atoms with Crippen molar-refractivity contribution in [1.82, 2.24) is 9.80 Å². The summed E-state index contributed by atoms with van der Waals surface area (Å²) in [4.78, 5) is 48.5. The van der Waals surface area contributed by atoms with Crippen LogP contribution in [-0.4, -0.2) is 75.4 Å². The van der Waals surface area contributed by atoms with E-state index in [0.717, 1.165) is 11.1 Å². The molecule has 222 valence electrons. The predicted molar refractivity (Wildman–Crippen MR) is 168 cm³/mol. The monoisotopic (exact) mass is 607 g/mol. The minimum atomic E-state index is -0.935. The summed E-state index contributed by atoms with van der Waals surface area (Å²) in [6.07, 6.45) is 4.03. The highest BCUT2D eigenvalue weighted by atomic mass is 35.5. The van der Waals surface area contributed by atoms with Gasteiger partial charge in [0.15, 0.2) is 0 Å². The number of amides is 3. The van der Waals surface area contributed by atoms with E-state index >= 15 is 4.79 Å². The number of likely N-dealkylation sites (tertiary alicyclic amines) is 1. The van der Waals surface area contributed by atoms with E-state index < -0.39 is 28.7 Å². The maximum absolute atomic E-state index is 15.1. The molecule has 3 unspecified atom stereocenters. The number of aryl methyl sites for hydroxylation is 1. The fraction of sp³-hybridized carbons (Fsp3) is 0.424. The van der Waals surface area contributed by atoms with Gasteiger partial charge in [0, 0.05) is 25.4 Å². The van der Waals surface area contributed by atoms with Crippen molar-refractivity contribution in [3.63, 3.8) is 0 Å². The fourth-order valence-electron chi connectivity index (χ4n) is 7.46. The van der Waals surface area contributed by atoms with Crippen molar-refractivity contribution < 1.29 is 19.5 Å². The van der Waals surface area contributed by atoms with Gasteiger partial charge in [0.1, 0.15) is 6.04 Å². The topological polar surface area (TPSA) is 81.2 Å². The van der Waals surface area contributed by atoms with Crippen molar-refractivity contribution in [2.45, 2.75) is 42.3 Å². The number of carbonyl (C=O) groups excluding carboxylic acids is 3. The number of aliphatic hydroxyl groups is 1. The van der Waals surface area contributed by atoms with Gasteiger partial charge in [0.05, 0.1) is 39.9 Å². The Labute approximate surface area is 257 Å². The highest BCUT2D eigenvalue weighted by Crippen LogP contribution is 2.69. The summed E-state index contributed by atoms with van der Waals surface area (Å²) < 4.78 is -0.856. The zero-order valence-electron chi connectivity index (χ0n) is 24.3. The number of thioether (sulfide) groups is 1. The fourth-order valence-corrected chi connectivity index (χ4v) is 10.2. The molecule has 3 aliphatic heterocycles. The molecule has 5 rings (SSSR count). The van der Waals surface area contributed by atoms with Crippen molar-refractivity contribution in [1.29, 1.82) is 0 Å². The van der Waals surface area contributed by atoms with Gasteiger partial charge in [0.2, 0.25) is 11.8 Å². The smallest absolute Gasteiger partial charge is 0.251 e. The number of carbonyl (C=O) groups is 3. The number of anilines is 1. The molecule has 42 heavy (non-hydrogen) atoms. The second kappa shape index (κ2) is 11.9. The molecule has 7 atom stereocenters. The number of likely N-dealkylation sites (N-methyl/N-ethyl adjacent to an activating group) is 1. The SMILES string of the molecule is C=CCN(C)C(=O)[C@@H]1[C@@H]2CC(C)C3(S2)C(C(=O)N(CC=C)c2c(C)cccc2Cl)N([C@H](CO)c2ccccc2)C(=O)[C@H]13. The first-order valence-electron chi connectivity index (χ1n) is 14.3. The summed E-state index contributed by atoms with van der Waals surface area (Å²) in [7, 11) is 1.73. The Bertz CT molecular complexity index is 1380. The van der Waals surface area contributed by atoms with Gasteiger partial charge in [-0.3, -0.25) is 14.4 Å². The lowest BCUT2D eigenvalue weighted by molar-refractivity contribution is -0.145. The van der Waals surface area contributed by atoms with Gasteiger partial charge < -0.3 is 19.8 Å². The zero-order valence-corrected chi connectivity index (χ0v) is 25.9. The van der Waals surface area contributed by atoms with Crippen LogP contribution < -0.4 is 4.90 Å². The number of nitrogens with zero attached hydrogens (tertiary/aromatic N) is 3. The lowest BCUT2D eigenvalue weighted by atomic mass is 9.65. The van der Waals surface area contributed by atoms with E-state index in [1.165, 1.54) is 0 Å². The van der Waals surface area contributed by atoms with Crippen LogP contribution in [-0.2, 0) is 14.4 Å². The number of halogens is 1. The Morgan fingerprint density at radius 3 is 2.45 bits per heavy atom. The van der Waals surface area contributed by atoms with Crippen molar-refractivity contribution >= 4 is 46.8 Å². The molecule has 3 saturated heterocycles. The normalized spacial score (nSPS) is 28.4. The summed E-state index contributed by atoms with van der Waals surface area (Å²) in [5.74, 6) is -1.98. The molecule has 0 saturated carbocycles. The molecule has 1 N–H and O–H groups in total. The second-order valence-corrected chi connectivity index (χ2v) is 13.5. The van der Waals surface area contributed by atoms with E-state index in [9.17, 15) is 14.7 Å². The van der Waals surface area contributed by atoms with Crippen LogP contribution >= 0.6 is 23.4 Å². The van der Waals surface area contributed by atoms with Crippen LogP contribution in [0.2, 0.25) is 5.02 Å². The Balaban J connectivity index is 1.70. The number of aliphatic hydroxyl groups excluding tert-OH is 1. The van der Waals surface area contributed by atoms with Gasteiger partial charge in [-0.1, -0.05) is 73.1 Å². The van der Waals surface area contributed by atoms with Crippen molar-refractivity contribution in [3.8, 4) is 0 Å². The number of hydrogen-bond acceptors (Lipinski definition) is 5. The predicted octanol–water partition coefficient (Wildman–Crippen LogP) is 4.88. The third-order valence-electron chi connectivity index (χ3n) is 9.21. The minimum absolute atomic E-state index is 0.0257. The molecule has 3 heterocycles. The molecule has 0 aliphatic carbocycles. The molecular weight excluding hydrogens is 570 g/mol. The number of fused-ring (bicyclic) bond motifs is 1. The Kier molecular flexibility index (Phi) is 8.61. The lowest BCUT2D eigenvalue weighted by Gasteiger charge is -2.42. The molecule has 2 aromatic rings. The molecule has 0 aromatic heterocycles. The molecule has 2 bridgehead atoms. The van der Waals surface area contributed by atoms with Crippen molar-refractivity contribution in [2.24, 2.45) is 17.8 Å². The van der Waals surface area contributed by atoms with Gasteiger partial charge >= 0.3 is 0 Å². The van der Waals surface area contributed by atoms with E-state index in [1.54, 1.807) is 51.7 Å². The average molecular weight is 608 g/mol. The Morgan fingerprint density at radius 2 is 1.83 bits per heavy atom. The second-order valence-electron chi connectivity index (χ2n) is 11.6. The molecule has 3 aliphatic rings. The van der Waals surface area contributed by atoms with Crippen molar-refractivity contribution in [2.75, 3.05) is 31.6 Å². The lowest BCUT2D eigenvalue weighted by Crippen LogP contribution is -2.58. The number of hydrogen-bond donors (Lipinski definition) is 1. The van der Waals surface area contributed by atoms with Gasteiger partial charge in [0.25, 0.3) is 5.91 Å². The summed E-state index contributed by atoms with van der Waals surface area (Å²) in [6.45, 7) is 11.8. The average Bonchev–Trinajstić information content (AvgIpc) is 3.57. The summed E-state index contributed by atoms with van der Waals surface area (Å²) >= 11 is 8.31. The number of para-hydroxylation sites is 1. The highest BCUT2D eigenvalue weighted by molar-refractivity contribution is 8.02. The summed E-state index contributed by atoms with van der Waals surface area (Å²) in [5, 5.41) is 11.1. The third-order valence-corrected chi connectivity index (χ3v) is 11.6. The van der Waals surface area contributed by atoms with Crippen LogP contribution in [0.15, 0.2) is 73.8 Å². The maximum atomic E-state index is 15.1. The summed E-state index contributed by atoms with van der Waals surface area (Å²) in [6, 6.07) is 13.1. The maximum Gasteiger partial charge on any atom is 0.251 e. The van der Waals surface area contributed by atoms with Crippen LogP contribution in [0.4, 0.5) is 5.69 Å². The Hall–Kier alpha value is -3.07. The Morgan fingerprint density at radius 1 is 1.14 bits per heavy atom. The molecule has 9 heteroatoms. The van der Waals surface area contributed by atoms with Crippen molar-refractivity contribution in [3.05, 3.63) is 90.0 Å². The summed E-state index contributed by atoms with van der Waals surface area (Å²) in [5.41, 5.74) is 2.12. The highest BCUT2D eigenvalue weighted by Gasteiger charge is 2.77. The van der Waals surface area contributed by atoms with Crippen LogP contribution in [0, 0.1) is 24.7 Å². The number of benzene rings is 2. The molecular formula is C33H38ClN3O4S. The third kappa shape index (κ3) is 4.59. The van der Waals surface area contributed by atoms with E-state index in [4.69, 9.17) is 11.6 Å². The first-order valence-corrected chi connectivity index (χ1v) is 15.6. The van der Waals surface area contributed by atoms with Gasteiger partial charge in [-0.15, -0.1) is 24.9 Å². The van der Waals surface area contributed by atoms with E-state index in [2.05, 4.69) is 20.1 Å². The van der Waals surface area contributed by atoms with Crippen LogP contribution in [0.5, 0.6) is 0 Å².